The van der Waals surface area contributed by atoms with Crippen LogP contribution in [-0.2, 0) is 0 Å². The molecule has 0 aliphatic rings. The number of halogens is 1. The molecule has 104 valence electrons. The van der Waals surface area contributed by atoms with Crippen LogP contribution in [0.3, 0.4) is 0 Å². The minimum absolute atomic E-state index is 0.0929. The molecule has 1 aromatic heterocycles. The molecule has 21 heavy (non-hydrogen) atoms. The normalized spacial score (nSPS) is 10.5. The highest BCUT2D eigenvalue weighted by Crippen LogP contribution is 2.18. The quantitative estimate of drug-likeness (QED) is 0.785. The van der Waals surface area contributed by atoms with Gasteiger partial charge < -0.3 is 5.32 Å². The van der Waals surface area contributed by atoms with Crippen LogP contribution >= 0.6 is 11.3 Å². The number of amides is 1. The number of hydrogen-bond acceptors (Lipinski definition) is 3. The molecule has 0 unspecified atom stereocenters. The number of carbonyl (C=O) groups excluding carboxylic acids is 1. The second-order valence-corrected chi connectivity index (χ2v) is 5.43. The third-order valence-corrected chi connectivity index (χ3v) is 3.94. The minimum atomic E-state index is -0.515. The molecule has 1 amide bonds. The minimum Gasteiger partial charge on any atom is -0.319 e. The largest absolute Gasteiger partial charge is 0.319 e. The predicted molar refractivity (Wildman–Crippen MR) is 82.4 cm³/mol. The third-order valence-electron chi connectivity index (χ3n) is 3.02. The number of anilines is 1. The zero-order valence-electron chi connectivity index (χ0n) is 10.8. The van der Waals surface area contributed by atoms with Crippen LogP contribution in [0.15, 0.2) is 59.4 Å². The summed E-state index contributed by atoms with van der Waals surface area (Å²) in [5.74, 6) is -1.01. The Bertz CT molecular complexity index is 889. The molecule has 3 aromatic rings. The number of para-hydroxylation sites is 1. The zero-order valence-corrected chi connectivity index (χ0v) is 11.6. The van der Waals surface area contributed by atoms with Crippen LogP contribution in [0, 0.1) is 5.82 Å². The maximum absolute atomic E-state index is 13.5. The molecular formula is C16H10FNO2S. The van der Waals surface area contributed by atoms with Crippen LogP contribution < -0.4 is 10.1 Å². The van der Waals surface area contributed by atoms with Crippen molar-refractivity contribution in [1.82, 2.24) is 0 Å². The van der Waals surface area contributed by atoms with E-state index in [1.165, 1.54) is 12.1 Å². The number of benzene rings is 2. The van der Waals surface area contributed by atoms with Crippen molar-refractivity contribution in [2.24, 2.45) is 0 Å². The van der Waals surface area contributed by atoms with Crippen molar-refractivity contribution in [2.75, 3.05) is 5.32 Å². The van der Waals surface area contributed by atoms with Crippen LogP contribution in [0.25, 0.3) is 10.8 Å². The van der Waals surface area contributed by atoms with Gasteiger partial charge in [-0.15, -0.1) is 0 Å². The Labute approximate surface area is 123 Å². The van der Waals surface area contributed by atoms with E-state index in [0.717, 1.165) is 11.3 Å². The van der Waals surface area contributed by atoms with Gasteiger partial charge >= 0.3 is 0 Å². The summed E-state index contributed by atoms with van der Waals surface area (Å²) in [4.78, 5) is 24.4. The molecule has 0 saturated carbocycles. The van der Waals surface area contributed by atoms with Gasteiger partial charge in [0.25, 0.3) is 5.91 Å². The van der Waals surface area contributed by atoms with Crippen LogP contribution in [0.2, 0.25) is 0 Å². The van der Waals surface area contributed by atoms with E-state index < -0.39 is 11.7 Å². The number of rotatable bonds is 2. The smallest absolute Gasteiger partial charge is 0.265 e. The summed E-state index contributed by atoms with van der Waals surface area (Å²) < 4.78 is 13.3. The third kappa shape index (κ3) is 2.68. The van der Waals surface area contributed by atoms with Gasteiger partial charge in [-0.1, -0.05) is 41.7 Å². The lowest BCUT2D eigenvalue weighted by Crippen LogP contribution is -2.13. The van der Waals surface area contributed by atoms with Gasteiger partial charge in [-0.05, 0) is 29.7 Å². The fraction of sp³-hybridized carbons (Fsp3) is 0. The Morgan fingerprint density at radius 3 is 2.57 bits per heavy atom. The van der Waals surface area contributed by atoms with Crippen molar-refractivity contribution >= 4 is 33.7 Å². The highest BCUT2D eigenvalue weighted by molar-refractivity contribution is 7.12. The van der Waals surface area contributed by atoms with Crippen LogP contribution in [0.1, 0.15) is 9.67 Å². The molecule has 0 radical (unpaired) electrons. The number of carbonyl (C=O) groups is 1. The van der Waals surface area contributed by atoms with E-state index in [-0.39, 0.29) is 15.3 Å². The Morgan fingerprint density at radius 2 is 1.76 bits per heavy atom. The molecule has 0 saturated heterocycles. The highest BCUT2D eigenvalue weighted by atomic mass is 32.1. The number of nitrogens with one attached hydrogen (secondary N) is 1. The van der Waals surface area contributed by atoms with Gasteiger partial charge in [0.15, 0.2) is 0 Å². The fourth-order valence-corrected chi connectivity index (χ4v) is 2.82. The molecule has 0 fully saturated rings. The first-order chi connectivity index (χ1) is 10.1. The van der Waals surface area contributed by atoms with E-state index in [1.54, 1.807) is 42.5 Å². The lowest BCUT2D eigenvalue weighted by Gasteiger charge is -2.06. The number of fused-ring (bicyclic) bond motifs is 1. The summed E-state index contributed by atoms with van der Waals surface area (Å²) >= 11 is 0.850. The van der Waals surface area contributed by atoms with E-state index in [4.69, 9.17) is 0 Å². The van der Waals surface area contributed by atoms with Gasteiger partial charge in [0.05, 0.1) is 10.6 Å². The average molecular weight is 299 g/mol. The first-order valence-corrected chi connectivity index (χ1v) is 7.05. The molecule has 0 aliphatic carbocycles. The van der Waals surface area contributed by atoms with Gasteiger partial charge in [0.1, 0.15) is 5.82 Å². The summed E-state index contributed by atoms with van der Waals surface area (Å²) in [6.45, 7) is 0. The molecule has 0 aliphatic heterocycles. The number of hydrogen-bond donors (Lipinski definition) is 1. The molecule has 0 atom stereocenters. The Kier molecular flexibility index (Phi) is 3.50. The summed E-state index contributed by atoms with van der Waals surface area (Å²) in [7, 11) is 0. The maximum atomic E-state index is 13.5. The van der Waals surface area contributed by atoms with E-state index in [9.17, 15) is 14.0 Å². The second-order valence-electron chi connectivity index (χ2n) is 4.42. The van der Waals surface area contributed by atoms with Crippen molar-refractivity contribution in [2.45, 2.75) is 0 Å². The van der Waals surface area contributed by atoms with Crippen molar-refractivity contribution < 1.29 is 9.18 Å². The summed E-state index contributed by atoms with van der Waals surface area (Å²) in [5.41, 5.74) is 0.0929. The molecular weight excluding hydrogens is 289 g/mol. The lowest BCUT2D eigenvalue weighted by atomic mass is 10.2. The van der Waals surface area contributed by atoms with Crippen molar-refractivity contribution in [3.8, 4) is 0 Å². The van der Waals surface area contributed by atoms with Crippen LogP contribution in [-0.4, -0.2) is 5.91 Å². The summed E-state index contributed by atoms with van der Waals surface area (Å²) in [5, 5.41) is 3.74. The van der Waals surface area contributed by atoms with Crippen molar-refractivity contribution in [3.05, 3.63) is 74.8 Å². The van der Waals surface area contributed by atoms with Gasteiger partial charge in [-0.2, -0.15) is 0 Å². The molecule has 0 bridgehead atoms. The molecule has 3 rings (SSSR count). The zero-order chi connectivity index (χ0) is 14.8. The molecule has 1 heterocycles. The first kappa shape index (κ1) is 13.5. The molecule has 0 spiro atoms. The van der Waals surface area contributed by atoms with Gasteiger partial charge in [-0.25, -0.2) is 4.39 Å². The standard InChI is InChI=1S/C16H10FNO2S/c17-12-7-3-4-8-13(12)18-15(19)14-9-10-5-1-2-6-11(10)16(20)21-14/h1-9H,(H,18,19). The predicted octanol–water partition coefficient (Wildman–Crippen LogP) is 3.65. The topological polar surface area (TPSA) is 46.2 Å². The van der Waals surface area contributed by atoms with Gasteiger partial charge in [0.2, 0.25) is 4.74 Å². The molecule has 5 heteroatoms. The fourth-order valence-electron chi connectivity index (χ4n) is 1.99. The second kappa shape index (κ2) is 5.46. The van der Waals surface area contributed by atoms with E-state index in [2.05, 4.69) is 5.32 Å². The molecule has 2 aromatic carbocycles. The SMILES string of the molecule is O=C(Nc1ccccc1F)c1cc2ccccc2c(=O)s1. The van der Waals surface area contributed by atoms with Crippen LogP contribution in [0.4, 0.5) is 10.1 Å². The van der Waals surface area contributed by atoms with E-state index >= 15 is 0 Å². The summed E-state index contributed by atoms with van der Waals surface area (Å²) in [6.07, 6.45) is 0. The first-order valence-electron chi connectivity index (χ1n) is 6.24. The average Bonchev–Trinajstić information content (AvgIpc) is 2.49. The van der Waals surface area contributed by atoms with Crippen molar-refractivity contribution in [3.63, 3.8) is 0 Å². The lowest BCUT2D eigenvalue weighted by molar-refractivity contribution is 0.103. The Balaban J connectivity index is 1.99. The van der Waals surface area contributed by atoms with Gasteiger partial charge in [0, 0.05) is 5.39 Å². The monoisotopic (exact) mass is 299 g/mol. The molecule has 1 N–H and O–H groups in total. The Hall–Kier alpha value is -2.53. The van der Waals surface area contributed by atoms with Crippen LogP contribution in [0.5, 0.6) is 0 Å². The summed E-state index contributed by atoms with van der Waals surface area (Å²) in [6, 6.07) is 14.6. The van der Waals surface area contributed by atoms with Gasteiger partial charge in [-0.3, -0.25) is 9.59 Å². The molecule has 3 nitrogen and oxygen atoms in total. The van der Waals surface area contributed by atoms with E-state index in [0.29, 0.717) is 10.8 Å². The van der Waals surface area contributed by atoms with Crippen molar-refractivity contribution in [1.29, 1.82) is 0 Å². The Morgan fingerprint density at radius 1 is 1.05 bits per heavy atom. The van der Waals surface area contributed by atoms with E-state index in [1.807, 2.05) is 0 Å². The maximum Gasteiger partial charge on any atom is 0.265 e. The highest BCUT2D eigenvalue weighted by Gasteiger charge is 2.12.